The first-order chi connectivity index (χ1) is 5.72. The van der Waals surface area contributed by atoms with E-state index in [1.807, 2.05) is 6.20 Å². The Morgan fingerprint density at radius 1 is 1.33 bits per heavy atom. The van der Waals surface area contributed by atoms with Gasteiger partial charge in [0, 0.05) is 11.9 Å². The smallest absolute Gasteiger partial charge is 0.0372 e. The molecule has 0 fully saturated rings. The highest BCUT2D eigenvalue weighted by molar-refractivity contribution is 5.93. The van der Waals surface area contributed by atoms with Gasteiger partial charge in [-0.3, -0.25) is 4.99 Å². The molecule has 0 atom stereocenters. The fraction of sp³-hybridized carbons (Fsp3) is 0.545. The normalized spacial score (nSPS) is 18.8. The first-order valence-electron chi connectivity index (χ1n) is 4.62. The third kappa shape index (κ3) is 2.65. The van der Waals surface area contributed by atoms with Gasteiger partial charge in [-0.15, -0.1) is 0 Å². The third-order valence-corrected chi connectivity index (χ3v) is 2.20. The monoisotopic (exact) mass is 163 g/mol. The summed E-state index contributed by atoms with van der Waals surface area (Å²) in [7, 11) is 0. The van der Waals surface area contributed by atoms with Gasteiger partial charge < -0.3 is 0 Å². The lowest BCUT2D eigenvalue weighted by Crippen LogP contribution is -1.92. The molecule has 0 N–H and O–H groups in total. The molecule has 0 saturated heterocycles. The highest BCUT2D eigenvalue weighted by atomic mass is 14.7. The summed E-state index contributed by atoms with van der Waals surface area (Å²) in [6.07, 6.45) is 7.69. The number of aliphatic imine (C=N–C) groups is 1. The number of allylic oxidation sites excluding steroid dienone is 3. The molecule has 1 heteroatoms. The van der Waals surface area contributed by atoms with Crippen LogP contribution in [0.15, 0.2) is 28.4 Å². The van der Waals surface area contributed by atoms with Crippen LogP contribution < -0.4 is 0 Å². The van der Waals surface area contributed by atoms with E-state index in [2.05, 4.69) is 31.8 Å². The van der Waals surface area contributed by atoms with Gasteiger partial charge in [-0.25, -0.2) is 0 Å². The molecule has 1 aliphatic rings. The number of hydrogen-bond acceptors (Lipinski definition) is 1. The Balaban J connectivity index is 2.81. The molecule has 0 saturated carbocycles. The fourth-order valence-corrected chi connectivity index (χ4v) is 1.35. The van der Waals surface area contributed by atoms with E-state index in [1.54, 1.807) is 0 Å². The van der Waals surface area contributed by atoms with E-state index >= 15 is 0 Å². The van der Waals surface area contributed by atoms with Gasteiger partial charge in [0.25, 0.3) is 0 Å². The second kappa shape index (κ2) is 4.24. The van der Waals surface area contributed by atoms with Crippen LogP contribution in [0.2, 0.25) is 0 Å². The Bertz CT molecular complexity index is 244. The van der Waals surface area contributed by atoms with Gasteiger partial charge in [0.1, 0.15) is 0 Å². The van der Waals surface area contributed by atoms with Crippen molar-refractivity contribution in [3.05, 3.63) is 23.4 Å². The Hall–Kier alpha value is -0.850. The Morgan fingerprint density at radius 3 is 2.75 bits per heavy atom. The standard InChI is InChI=1S/C11H17N/c1-4-11-6-5-9(2)7-10(3)12-8-11/h7-8H,4-6H2,1-3H3. The Morgan fingerprint density at radius 2 is 2.08 bits per heavy atom. The first-order valence-corrected chi connectivity index (χ1v) is 4.62. The zero-order chi connectivity index (χ0) is 8.97. The minimum atomic E-state index is 1.12. The van der Waals surface area contributed by atoms with Gasteiger partial charge in [0.05, 0.1) is 0 Å². The molecule has 0 aliphatic carbocycles. The average molecular weight is 163 g/mol. The van der Waals surface area contributed by atoms with Gasteiger partial charge in [0.2, 0.25) is 0 Å². The molecule has 12 heavy (non-hydrogen) atoms. The number of nitrogens with zero attached hydrogens (tertiary/aromatic N) is 1. The molecular weight excluding hydrogens is 146 g/mol. The Labute approximate surface area is 74.9 Å². The molecule has 0 amide bonds. The minimum absolute atomic E-state index is 1.12. The van der Waals surface area contributed by atoms with Crippen molar-refractivity contribution in [1.82, 2.24) is 0 Å². The minimum Gasteiger partial charge on any atom is -0.262 e. The highest BCUT2D eigenvalue weighted by Crippen LogP contribution is 2.16. The van der Waals surface area contributed by atoms with E-state index < -0.39 is 0 Å². The van der Waals surface area contributed by atoms with Crippen molar-refractivity contribution in [3.63, 3.8) is 0 Å². The molecule has 1 rings (SSSR count). The summed E-state index contributed by atoms with van der Waals surface area (Å²) >= 11 is 0. The van der Waals surface area contributed by atoms with Crippen molar-refractivity contribution in [2.75, 3.05) is 0 Å². The summed E-state index contributed by atoms with van der Waals surface area (Å²) in [6.45, 7) is 6.42. The summed E-state index contributed by atoms with van der Waals surface area (Å²) in [4.78, 5) is 4.36. The van der Waals surface area contributed by atoms with Crippen molar-refractivity contribution in [3.8, 4) is 0 Å². The van der Waals surface area contributed by atoms with Crippen molar-refractivity contribution in [2.24, 2.45) is 4.99 Å². The van der Waals surface area contributed by atoms with Gasteiger partial charge in [-0.05, 0) is 39.2 Å². The van der Waals surface area contributed by atoms with E-state index in [0.717, 1.165) is 12.1 Å². The summed E-state index contributed by atoms with van der Waals surface area (Å²) in [5.74, 6) is 0. The van der Waals surface area contributed by atoms with Gasteiger partial charge >= 0.3 is 0 Å². The van der Waals surface area contributed by atoms with E-state index in [-0.39, 0.29) is 0 Å². The molecular formula is C11H17N. The van der Waals surface area contributed by atoms with Gasteiger partial charge in [-0.2, -0.15) is 0 Å². The maximum absolute atomic E-state index is 4.36. The highest BCUT2D eigenvalue weighted by Gasteiger charge is 1.99. The second-order valence-electron chi connectivity index (χ2n) is 3.40. The van der Waals surface area contributed by atoms with Crippen molar-refractivity contribution in [1.29, 1.82) is 0 Å². The average Bonchev–Trinajstić information content (AvgIpc) is 2.02. The maximum atomic E-state index is 4.36. The molecule has 0 aromatic carbocycles. The molecule has 0 radical (unpaired) electrons. The Kier molecular flexibility index (Phi) is 3.27. The van der Waals surface area contributed by atoms with E-state index in [9.17, 15) is 0 Å². The summed E-state index contributed by atoms with van der Waals surface area (Å²) < 4.78 is 0. The van der Waals surface area contributed by atoms with Crippen LogP contribution in [0.1, 0.15) is 40.0 Å². The maximum Gasteiger partial charge on any atom is 0.0372 e. The molecule has 0 aromatic heterocycles. The largest absolute Gasteiger partial charge is 0.262 e. The quantitative estimate of drug-likeness (QED) is 0.561. The summed E-state index contributed by atoms with van der Waals surface area (Å²) in [5.41, 5.74) is 4.02. The molecule has 1 nitrogen and oxygen atoms in total. The van der Waals surface area contributed by atoms with Crippen molar-refractivity contribution < 1.29 is 0 Å². The summed E-state index contributed by atoms with van der Waals surface area (Å²) in [5, 5.41) is 0. The van der Waals surface area contributed by atoms with Crippen LogP contribution in [0.4, 0.5) is 0 Å². The van der Waals surface area contributed by atoms with Crippen LogP contribution in [0, 0.1) is 0 Å². The lowest BCUT2D eigenvalue weighted by Gasteiger charge is -2.07. The van der Waals surface area contributed by atoms with E-state index in [1.165, 1.54) is 24.0 Å². The molecule has 1 heterocycles. The van der Waals surface area contributed by atoms with Crippen molar-refractivity contribution in [2.45, 2.75) is 40.0 Å². The van der Waals surface area contributed by atoms with Gasteiger partial charge in [-0.1, -0.05) is 18.1 Å². The third-order valence-electron chi connectivity index (χ3n) is 2.20. The molecule has 66 valence electrons. The van der Waals surface area contributed by atoms with E-state index in [0.29, 0.717) is 0 Å². The number of rotatable bonds is 1. The SMILES string of the molecule is CCC1=CN=C(C)C=C(C)CC1. The molecule has 0 aromatic rings. The zero-order valence-corrected chi connectivity index (χ0v) is 8.22. The lowest BCUT2D eigenvalue weighted by molar-refractivity contribution is 0.867. The fourth-order valence-electron chi connectivity index (χ4n) is 1.35. The van der Waals surface area contributed by atoms with Crippen LogP contribution in [0.3, 0.4) is 0 Å². The number of hydrogen-bond donors (Lipinski definition) is 0. The zero-order valence-electron chi connectivity index (χ0n) is 8.22. The first kappa shape index (κ1) is 9.24. The summed E-state index contributed by atoms with van der Waals surface area (Å²) in [6, 6.07) is 0. The second-order valence-corrected chi connectivity index (χ2v) is 3.40. The van der Waals surface area contributed by atoms with Crippen LogP contribution >= 0.6 is 0 Å². The van der Waals surface area contributed by atoms with Crippen LogP contribution in [0.5, 0.6) is 0 Å². The van der Waals surface area contributed by atoms with Gasteiger partial charge in [0.15, 0.2) is 0 Å². The molecule has 0 unspecified atom stereocenters. The molecule has 0 bridgehead atoms. The van der Waals surface area contributed by atoms with Crippen molar-refractivity contribution >= 4 is 5.71 Å². The van der Waals surface area contributed by atoms with Crippen LogP contribution in [0.25, 0.3) is 0 Å². The molecule has 0 spiro atoms. The van der Waals surface area contributed by atoms with Crippen LogP contribution in [-0.2, 0) is 0 Å². The van der Waals surface area contributed by atoms with Crippen LogP contribution in [-0.4, -0.2) is 5.71 Å². The topological polar surface area (TPSA) is 12.4 Å². The lowest BCUT2D eigenvalue weighted by atomic mass is 10.0. The predicted molar refractivity (Wildman–Crippen MR) is 54.5 cm³/mol. The molecule has 1 aliphatic heterocycles. The van der Waals surface area contributed by atoms with E-state index in [4.69, 9.17) is 0 Å². The predicted octanol–water partition coefficient (Wildman–Crippen LogP) is 3.48.